The van der Waals surface area contributed by atoms with Gasteiger partial charge in [-0.05, 0) is 62.6 Å². The summed E-state index contributed by atoms with van der Waals surface area (Å²) in [7, 11) is -3.74. The average Bonchev–Trinajstić information content (AvgIpc) is 2.31. The first-order valence-electron chi connectivity index (χ1n) is 6.30. The van der Waals surface area contributed by atoms with Crippen LogP contribution in [0, 0.1) is 27.7 Å². The molecular weight excluding hydrogens is 329 g/mol. The van der Waals surface area contributed by atoms with Crippen LogP contribution in [0.15, 0.2) is 28.0 Å². The standard InChI is InChI=1S/C15H15Cl2NO2S/c1-8-7-13(9(2)6-12(8)16)21(19,20)14-10(3)5-11(4)18-15(14)17/h5-7H,1-4H3. The van der Waals surface area contributed by atoms with Gasteiger partial charge in [-0.3, -0.25) is 0 Å². The molecule has 0 atom stereocenters. The molecule has 0 aliphatic carbocycles. The summed E-state index contributed by atoms with van der Waals surface area (Å²) >= 11 is 12.1. The molecule has 2 rings (SSSR count). The van der Waals surface area contributed by atoms with Gasteiger partial charge in [-0.2, -0.15) is 0 Å². The highest BCUT2D eigenvalue weighted by Gasteiger charge is 2.26. The zero-order chi connectivity index (χ0) is 15.9. The molecule has 0 fully saturated rings. The van der Waals surface area contributed by atoms with Crippen LogP contribution in [0.4, 0.5) is 0 Å². The quantitative estimate of drug-likeness (QED) is 0.756. The predicted octanol–water partition coefficient (Wildman–Crippen LogP) is 4.45. The number of hydrogen-bond donors (Lipinski definition) is 0. The second kappa shape index (κ2) is 5.59. The number of rotatable bonds is 2. The van der Waals surface area contributed by atoms with Gasteiger partial charge in [0, 0.05) is 10.7 Å². The van der Waals surface area contributed by atoms with Crippen molar-refractivity contribution in [3.63, 3.8) is 0 Å². The maximum absolute atomic E-state index is 12.9. The Bertz CT molecular complexity index is 807. The fourth-order valence-corrected chi connectivity index (χ4v) is 4.85. The van der Waals surface area contributed by atoms with Crippen molar-refractivity contribution in [3.8, 4) is 0 Å². The first-order valence-corrected chi connectivity index (χ1v) is 8.54. The normalized spacial score (nSPS) is 11.7. The first kappa shape index (κ1) is 16.3. The number of hydrogen-bond acceptors (Lipinski definition) is 3. The Labute approximate surface area is 134 Å². The SMILES string of the molecule is Cc1cc(C)c(S(=O)(=O)c2cc(C)c(Cl)cc2C)c(Cl)n1. The van der Waals surface area contributed by atoms with Crippen molar-refractivity contribution in [3.05, 3.63) is 50.8 Å². The minimum Gasteiger partial charge on any atom is -0.240 e. The molecule has 1 aromatic heterocycles. The number of nitrogens with zero attached hydrogens (tertiary/aromatic N) is 1. The van der Waals surface area contributed by atoms with E-state index in [4.69, 9.17) is 23.2 Å². The third kappa shape index (κ3) is 2.93. The molecule has 0 aliphatic heterocycles. The van der Waals surface area contributed by atoms with Crippen LogP contribution in [0.5, 0.6) is 0 Å². The lowest BCUT2D eigenvalue weighted by Gasteiger charge is -2.13. The van der Waals surface area contributed by atoms with Crippen LogP contribution in [0.25, 0.3) is 0 Å². The van der Waals surface area contributed by atoms with Crippen LogP contribution < -0.4 is 0 Å². The summed E-state index contributed by atoms with van der Waals surface area (Å²) < 4.78 is 25.8. The van der Waals surface area contributed by atoms with Crippen LogP contribution in [0.3, 0.4) is 0 Å². The van der Waals surface area contributed by atoms with Crippen molar-refractivity contribution in [1.82, 2.24) is 4.98 Å². The number of halogens is 2. The van der Waals surface area contributed by atoms with Gasteiger partial charge in [-0.1, -0.05) is 23.2 Å². The number of aryl methyl sites for hydroxylation is 4. The molecule has 6 heteroatoms. The molecule has 112 valence electrons. The van der Waals surface area contributed by atoms with Gasteiger partial charge < -0.3 is 0 Å². The van der Waals surface area contributed by atoms with Gasteiger partial charge in [0.15, 0.2) is 0 Å². The molecule has 0 saturated heterocycles. The molecule has 0 N–H and O–H groups in total. The highest BCUT2D eigenvalue weighted by atomic mass is 35.5. The first-order chi connectivity index (χ1) is 9.64. The Morgan fingerprint density at radius 3 is 2.10 bits per heavy atom. The lowest BCUT2D eigenvalue weighted by molar-refractivity contribution is 0.594. The largest absolute Gasteiger partial charge is 0.240 e. The van der Waals surface area contributed by atoms with Crippen LogP contribution >= 0.6 is 23.2 Å². The number of aromatic nitrogens is 1. The second-order valence-corrected chi connectivity index (χ2v) is 7.69. The van der Waals surface area contributed by atoms with Crippen LogP contribution in [-0.2, 0) is 9.84 Å². The number of sulfone groups is 1. The molecule has 0 amide bonds. The van der Waals surface area contributed by atoms with E-state index in [0.29, 0.717) is 27.4 Å². The maximum atomic E-state index is 12.9. The summed E-state index contributed by atoms with van der Waals surface area (Å²) in [5.41, 5.74) is 2.55. The van der Waals surface area contributed by atoms with E-state index >= 15 is 0 Å². The predicted molar refractivity (Wildman–Crippen MR) is 85.1 cm³/mol. The Hall–Kier alpha value is -1.10. The molecule has 1 heterocycles. The van der Waals surface area contributed by atoms with Gasteiger partial charge in [0.1, 0.15) is 10.0 Å². The van der Waals surface area contributed by atoms with Gasteiger partial charge in [0.05, 0.1) is 4.90 Å². The fraction of sp³-hybridized carbons (Fsp3) is 0.267. The van der Waals surface area contributed by atoms with Crippen molar-refractivity contribution in [2.75, 3.05) is 0 Å². The lowest BCUT2D eigenvalue weighted by atomic mass is 10.2. The molecule has 0 unspecified atom stereocenters. The smallest absolute Gasteiger partial charge is 0.210 e. The molecule has 21 heavy (non-hydrogen) atoms. The summed E-state index contributed by atoms with van der Waals surface area (Å²) in [6.45, 7) is 6.96. The van der Waals surface area contributed by atoms with E-state index in [1.165, 1.54) is 0 Å². The Balaban J connectivity index is 2.78. The maximum Gasteiger partial charge on any atom is 0.210 e. The molecule has 0 radical (unpaired) electrons. The fourth-order valence-electron chi connectivity index (χ4n) is 2.26. The number of pyridine rings is 1. The lowest BCUT2D eigenvalue weighted by Crippen LogP contribution is -2.09. The van der Waals surface area contributed by atoms with Crippen molar-refractivity contribution in [2.45, 2.75) is 37.5 Å². The van der Waals surface area contributed by atoms with Gasteiger partial charge >= 0.3 is 0 Å². The molecule has 1 aromatic carbocycles. The van der Waals surface area contributed by atoms with Gasteiger partial charge in [0.25, 0.3) is 0 Å². The van der Waals surface area contributed by atoms with E-state index in [2.05, 4.69) is 4.98 Å². The summed E-state index contributed by atoms with van der Waals surface area (Å²) in [4.78, 5) is 4.32. The molecule has 0 aliphatic rings. The molecule has 0 bridgehead atoms. The highest BCUT2D eigenvalue weighted by Crippen LogP contribution is 2.33. The minimum absolute atomic E-state index is 0.000460. The third-order valence-corrected chi connectivity index (χ3v) is 6.12. The van der Waals surface area contributed by atoms with Crippen molar-refractivity contribution in [2.24, 2.45) is 0 Å². The molecule has 0 spiro atoms. The van der Waals surface area contributed by atoms with Crippen molar-refractivity contribution < 1.29 is 8.42 Å². The topological polar surface area (TPSA) is 47.0 Å². The zero-order valence-corrected chi connectivity index (χ0v) is 14.5. The summed E-state index contributed by atoms with van der Waals surface area (Å²) in [5.74, 6) is 0. The summed E-state index contributed by atoms with van der Waals surface area (Å²) in [6, 6.07) is 4.92. The summed E-state index contributed by atoms with van der Waals surface area (Å²) in [5, 5.41) is 0.538. The highest BCUT2D eigenvalue weighted by molar-refractivity contribution is 7.91. The molecule has 0 saturated carbocycles. The van der Waals surface area contributed by atoms with E-state index in [9.17, 15) is 8.42 Å². The monoisotopic (exact) mass is 343 g/mol. The van der Waals surface area contributed by atoms with E-state index in [0.717, 1.165) is 0 Å². The summed E-state index contributed by atoms with van der Waals surface area (Å²) in [6.07, 6.45) is 0. The van der Waals surface area contributed by atoms with Gasteiger partial charge in [0.2, 0.25) is 9.84 Å². The van der Waals surface area contributed by atoms with Crippen LogP contribution in [0.1, 0.15) is 22.4 Å². The second-order valence-electron chi connectivity index (χ2n) is 5.07. The molecule has 2 aromatic rings. The zero-order valence-electron chi connectivity index (χ0n) is 12.2. The average molecular weight is 344 g/mol. The van der Waals surface area contributed by atoms with E-state index < -0.39 is 9.84 Å². The Morgan fingerprint density at radius 2 is 1.52 bits per heavy atom. The van der Waals surface area contributed by atoms with E-state index in [1.54, 1.807) is 45.9 Å². The van der Waals surface area contributed by atoms with Crippen molar-refractivity contribution in [1.29, 1.82) is 0 Å². The van der Waals surface area contributed by atoms with E-state index in [1.807, 2.05) is 0 Å². The van der Waals surface area contributed by atoms with Gasteiger partial charge in [-0.15, -0.1) is 0 Å². The van der Waals surface area contributed by atoms with Gasteiger partial charge in [-0.25, -0.2) is 13.4 Å². The van der Waals surface area contributed by atoms with Crippen LogP contribution in [0.2, 0.25) is 10.2 Å². The van der Waals surface area contributed by atoms with Crippen LogP contribution in [-0.4, -0.2) is 13.4 Å². The minimum atomic E-state index is -3.74. The Kier molecular flexibility index (Phi) is 4.34. The Morgan fingerprint density at radius 1 is 0.905 bits per heavy atom. The molecule has 3 nitrogen and oxygen atoms in total. The molecular formula is C15H15Cl2NO2S. The number of benzene rings is 1. The third-order valence-electron chi connectivity index (χ3n) is 3.26. The van der Waals surface area contributed by atoms with E-state index in [-0.39, 0.29) is 14.9 Å². The van der Waals surface area contributed by atoms with Crippen molar-refractivity contribution >= 4 is 33.0 Å².